The number of pyridine rings is 1. The van der Waals surface area contributed by atoms with Crippen molar-refractivity contribution >= 4 is 22.4 Å². The van der Waals surface area contributed by atoms with E-state index >= 15 is 0 Å². The highest BCUT2D eigenvalue weighted by molar-refractivity contribution is 7.16. The van der Waals surface area contributed by atoms with Gasteiger partial charge in [0.25, 0.3) is 5.91 Å². The first-order valence-corrected chi connectivity index (χ1v) is 8.94. The Morgan fingerprint density at radius 3 is 2.69 bits per heavy atom. The normalized spacial score (nSPS) is 11.0. The van der Waals surface area contributed by atoms with Crippen LogP contribution in [0.3, 0.4) is 0 Å². The lowest BCUT2D eigenvalue weighted by molar-refractivity contribution is 0.102. The molecule has 0 aliphatic rings. The maximum atomic E-state index is 12.6. The third-order valence-electron chi connectivity index (χ3n) is 3.85. The van der Waals surface area contributed by atoms with Gasteiger partial charge in [0.2, 0.25) is 0 Å². The Morgan fingerprint density at radius 1 is 1.23 bits per heavy atom. The van der Waals surface area contributed by atoms with E-state index in [9.17, 15) is 10.1 Å². The average Bonchev–Trinajstić information content (AvgIpc) is 3.04. The highest BCUT2D eigenvalue weighted by Crippen LogP contribution is 2.30. The fourth-order valence-corrected chi connectivity index (χ4v) is 3.19. The first kappa shape index (κ1) is 17.8. The minimum absolute atomic E-state index is 0. The van der Waals surface area contributed by atoms with Gasteiger partial charge in [-0.15, -0.1) is 0 Å². The lowest BCUT2D eigenvalue weighted by Crippen LogP contribution is -2.15. The number of amides is 1. The summed E-state index contributed by atoms with van der Waals surface area (Å²) in [7, 11) is 0. The Labute approximate surface area is 157 Å². The molecule has 1 aromatic carbocycles. The van der Waals surface area contributed by atoms with Crippen LogP contribution in [0, 0.1) is 11.3 Å². The van der Waals surface area contributed by atoms with Gasteiger partial charge >= 0.3 is 0 Å². The second-order valence-corrected chi connectivity index (χ2v) is 7.81. The van der Waals surface area contributed by atoms with Gasteiger partial charge in [-0.3, -0.25) is 15.1 Å². The molecule has 0 radical (unpaired) electrons. The molecule has 3 rings (SSSR count). The number of thiazole rings is 1. The van der Waals surface area contributed by atoms with E-state index in [0.717, 1.165) is 16.9 Å². The Bertz CT molecular complexity index is 987. The van der Waals surface area contributed by atoms with E-state index in [0.29, 0.717) is 27.0 Å². The van der Waals surface area contributed by atoms with E-state index in [1.165, 1.54) is 0 Å². The number of hydrogen-bond acceptors (Lipinski definition) is 5. The van der Waals surface area contributed by atoms with Crippen molar-refractivity contribution in [3.05, 3.63) is 64.7 Å². The molecule has 0 aliphatic carbocycles. The summed E-state index contributed by atoms with van der Waals surface area (Å²) in [6.07, 6.45) is 1.64. The van der Waals surface area contributed by atoms with Crippen LogP contribution in [0.2, 0.25) is 0 Å². The zero-order valence-corrected chi connectivity index (χ0v) is 15.6. The lowest BCUT2D eigenvalue weighted by Gasteiger charge is -2.19. The van der Waals surface area contributed by atoms with E-state index < -0.39 is 0 Å². The number of anilines is 1. The smallest absolute Gasteiger partial charge is 0.257 e. The van der Waals surface area contributed by atoms with Crippen LogP contribution in [0.4, 0.5) is 5.13 Å². The van der Waals surface area contributed by atoms with Gasteiger partial charge in [-0.1, -0.05) is 50.3 Å². The molecule has 0 saturated carbocycles. The molecule has 132 valence electrons. The van der Waals surface area contributed by atoms with Crippen molar-refractivity contribution in [3.63, 3.8) is 0 Å². The molecular weight excluding hydrogens is 344 g/mol. The molecule has 0 spiro atoms. The van der Waals surface area contributed by atoms with Crippen molar-refractivity contribution in [1.82, 2.24) is 9.97 Å². The van der Waals surface area contributed by atoms with Gasteiger partial charge in [-0.2, -0.15) is 5.26 Å². The number of carbonyl (C=O) groups excluding carboxylic acids is 1. The zero-order valence-electron chi connectivity index (χ0n) is 14.8. The lowest BCUT2D eigenvalue weighted by atomic mass is 9.86. The SMILES string of the molecule is CC(C)(C)c1cccc(C(=O)Nc2nc(-c3ccccn3)c(C#N)s2)c1.[HH]. The zero-order chi connectivity index (χ0) is 18.7. The fraction of sp³-hybridized carbons (Fsp3) is 0.200. The number of nitriles is 1. The van der Waals surface area contributed by atoms with Crippen molar-refractivity contribution in [3.8, 4) is 17.5 Å². The van der Waals surface area contributed by atoms with Crippen molar-refractivity contribution in [2.24, 2.45) is 0 Å². The average molecular weight is 364 g/mol. The molecule has 1 amide bonds. The maximum absolute atomic E-state index is 12.6. The van der Waals surface area contributed by atoms with Crippen molar-refractivity contribution in [2.75, 3.05) is 5.32 Å². The largest absolute Gasteiger partial charge is 0.298 e. The Balaban J connectivity index is 0.00000261. The molecule has 2 heterocycles. The molecule has 6 heteroatoms. The summed E-state index contributed by atoms with van der Waals surface area (Å²) in [5.41, 5.74) is 2.69. The van der Waals surface area contributed by atoms with Crippen molar-refractivity contribution < 1.29 is 6.22 Å². The van der Waals surface area contributed by atoms with Crippen LogP contribution in [-0.2, 0) is 5.41 Å². The first-order chi connectivity index (χ1) is 12.4. The minimum atomic E-state index is -0.248. The third kappa shape index (κ3) is 3.79. The Hall–Kier alpha value is -3.04. The van der Waals surface area contributed by atoms with Gasteiger partial charge in [0.15, 0.2) is 5.13 Å². The molecule has 0 aliphatic heterocycles. The quantitative estimate of drug-likeness (QED) is 0.719. The van der Waals surface area contributed by atoms with E-state index in [2.05, 4.69) is 42.1 Å². The van der Waals surface area contributed by atoms with Gasteiger partial charge in [0.05, 0.1) is 5.69 Å². The standard InChI is InChI=1S/C20H18N4OS.H2/c1-20(2,3)14-8-6-7-13(11-14)18(25)24-19-23-17(16(12-21)26-19)15-9-4-5-10-22-15;/h4-11H,1-3H3,(H,23,24,25);1H. The van der Waals surface area contributed by atoms with E-state index in [-0.39, 0.29) is 12.7 Å². The predicted molar refractivity (Wildman–Crippen MR) is 105 cm³/mol. The molecule has 0 atom stereocenters. The van der Waals surface area contributed by atoms with Crippen LogP contribution in [0.5, 0.6) is 0 Å². The topological polar surface area (TPSA) is 78.7 Å². The molecule has 1 N–H and O–H groups in total. The van der Waals surface area contributed by atoms with Gasteiger partial charge in [-0.25, -0.2) is 4.98 Å². The van der Waals surface area contributed by atoms with E-state index in [1.54, 1.807) is 24.4 Å². The van der Waals surface area contributed by atoms with Gasteiger partial charge in [0.1, 0.15) is 16.6 Å². The second-order valence-electron chi connectivity index (χ2n) is 6.81. The summed E-state index contributed by atoms with van der Waals surface area (Å²) in [4.78, 5) is 21.6. The molecule has 0 unspecified atom stereocenters. The van der Waals surface area contributed by atoms with Crippen molar-refractivity contribution in [1.29, 1.82) is 5.26 Å². The van der Waals surface area contributed by atoms with Gasteiger partial charge in [0, 0.05) is 13.2 Å². The number of aromatic nitrogens is 2. The number of nitrogens with one attached hydrogen (secondary N) is 1. The van der Waals surface area contributed by atoms with Gasteiger partial charge in [-0.05, 0) is 35.2 Å². The molecule has 0 bridgehead atoms. The minimum Gasteiger partial charge on any atom is -0.298 e. The third-order valence-corrected chi connectivity index (χ3v) is 4.72. The van der Waals surface area contributed by atoms with Gasteiger partial charge < -0.3 is 0 Å². The highest BCUT2D eigenvalue weighted by Gasteiger charge is 2.18. The first-order valence-electron chi connectivity index (χ1n) is 8.13. The molecule has 5 nitrogen and oxygen atoms in total. The van der Waals surface area contributed by atoms with Crippen LogP contribution in [0.25, 0.3) is 11.4 Å². The molecular formula is C20H20N4OS. The summed E-state index contributed by atoms with van der Waals surface area (Å²) in [6.45, 7) is 6.30. The maximum Gasteiger partial charge on any atom is 0.257 e. The monoisotopic (exact) mass is 364 g/mol. The molecule has 2 aromatic heterocycles. The van der Waals surface area contributed by atoms with E-state index in [1.807, 2.05) is 24.3 Å². The fourth-order valence-electron chi connectivity index (χ4n) is 2.42. The number of hydrogen-bond donors (Lipinski definition) is 1. The van der Waals surface area contributed by atoms with Crippen molar-refractivity contribution in [2.45, 2.75) is 26.2 Å². The number of benzene rings is 1. The van der Waals surface area contributed by atoms with Crippen LogP contribution < -0.4 is 5.32 Å². The van der Waals surface area contributed by atoms with Crippen LogP contribution in [0.1, 0.15) is 43.0 Å². The van der Waals surface area contributed by atoms with Crippen LogP contribution in [-0.4, -0.2) is 15.9 Å². The Morgan fingerprint density at radius 2 is 2.04 bits per heavy atom. The summed E-state index contributed by atoms with van der Waals surface area (Å²) in [6, 6.07) is 15.1. The molecule has 3 aromatic rings. The van der Waals surface area contributed by atoms with E-state index in [4.69, 9.17) is 0 Å². The summed E-state index contributed by atoms with van der Waals surface area (Å²) >= 11 is 1.14. The molecule has 0 fully saturated rings. The summed E-state index contributed by atoms with van der Waals surface area (Å²) in [5.74, 6) is -0.248. The highest BCUT2D eigenvalue weighted by atomic mass is 32.1. The number of nitrogens with zero attached hydrogens (tertiary/aromatic N) is 3. The Kier molecular flexibility index (Phi) is 4.83. The van der Waals surface area contributed by atoms with Crippen LogP contribution >= 0.6 is 11.3 Å². The summed E-state index contributed by atoms with van der Waals surface area (Å²) < 4.78 is 0. The molecule has 0 saturated heterocycles. The second kappa shape index (κ2) is 7.06. The van der Waals surface area contributed by atoms with Crippen LogP contribution in [0.15, 0.2) is 48.7 Å². The predicted octanol–water partition coefficient (Wildman–Crippen LogP) is 4.87. The number of carbonyl (C=O) groups is 1. The molecule has 26 heavy (non-hydrogen) atoms. The summed E-state index contributed by atoms with van der Waals surface area (Å²) in [5, 5.41) is 12.5. The number of rotatable bonds is 3.